The maximum atomic E-state index is 12.3. The molecule has 1 saturated heterocycles. The van der Waals surface area contributed by atoms with Gasteiger partial charge in [-0.15, -0.1) is 0 Å². The Morgan fingerprint density at radius 3 is 2.87 bits per heavy atom. The second-order valence-electron chi connectivity index (χ2n) is 6.09. The molecule has 5 nitrogen and oxygen atoms in total. The van der Waals surface area contributed by atoms with Crippen molar-refractivity contribution in [3.63, 3.8) is 0 Å². The fraction of sp³-hybridized carbons (Fsp3) is 0.444. The molecule has 1 fully saturated rings. The molecule has 5 heteroatoms. The van der Waals surface area contributed by atoms with E-state index in [0.717, 1.165) is 37.3 Å². The molecule has 2 aromatic rings. The molecule has 0 aliphatic carbocycles. The van der Waals surface area contributed by atoms with Gasteiger partial charge in [-0.3, -0.25) is 4.79 Å². The van der Waals surface area contributed by atoms with Crippen LogP contribution in [0, 0.1) is 0 Å². The summed E-state index contributed by atoms with van der Waals surface area (Å²) in [4.78, 5) is 18.8. The standard InChI is InChI=1S/C18H24N4O/c23-18(20-8-12-21-9-2-1-3-10-21)17-6-4-5-16(13-17)14-22-11-7-19-15-22/h4-7,11,13,15H,1-3,8-10,12,14H2,(H,20,23). The number of nitrogens with zero attached hydrogens (tertiary/aromatic N) is 3. The van der Waals surface area contributed by atoms with Crippen LogP contribution in [0.25, 0.3) is 0 Å². The molecular weight excluding hydrogens is 288 g/mol. The highest BCUT2D eigenvalue weighted by atomic mass is 16.1. The zero-order valence-corrected chi connectivity index (χ0v) is 13.4. The molecule has 3 rings (SSSR count). The summed E-state index contributed by atoms with van der Waals surface area (Å²) in [7, 11) is 0. The van der Waals surface area contributed by atoms with Gasteiger partial charge in [-0.1, -0.05) is 18.6 Å². The quantitative estimate of drug-likeness (QED) is 0.889. The number of hydrogen-bond acceptors (Lipinski definition) is 3. The van der Waals surface area contributed by atoms with E-state index in [-0.39, 0.29) is 5.91 Å². The molecule has 1 aromatic heterocycles. The minimum atomic E-state index is 0.00879. The zero-order valence-electron chi connectivity index (χ0n) is 13.4. The summed E-state index contributed by atoms with van der Waals surface area (Å²) in [5.41, 5.74) is 1.83. The summed E-state index contributed by atoms with van der Waals surface area (Å²) >= 11 is 0. The first-order chi connectivity index (χ1) is 11.3. The van der Waals surface area contributed by atoms with Crippen LogP contribution in [-0.4, -0.2) is 46.5 Å². The monoisotopic (exact) mass is 312 g/mol. The van der Waals surface area contributed by atoms with Crippen LogP contribution in [0.1, 0.15) is 35.2 Å². The van der Waals surface area contributed by atoms with Crippen molar-refractivity contribution in [2.45, 2.75) is 25.8 Å². The highest BCUT2D eigenvalue weighted by Gasteiger charge is 2.11. The lowest BCUT2D eigenvalue weighted by atomic mass is 10.1. The van der Waals surface area contributed by atoms with E-state index >= 15 is 0 Å². The predicted molar refractivity (Wildman–Crippen MR) is 90.4 cm³/mol. The number of likely N-dealkylation sites (tertiary alicyclic amines) is 1. The topological polar surface area (TPSA) is 50.2 Å². The number of piperidine rings is 1. The van der Waals surface area contributed by atoms with Gasteiger partial charge in [-0.25, -0.2) is 4.98 Å². The third-order valence-corrected chi connectivity index (χ3v) is 4.28. The lowest BCUT2D eigenvalue weighted by Gasteiger charge is -2.26. The Kier molecular flexibility index (Phi) is 5.42. The van der Waals surface area contributed by atoms with Crippen molar-refractivity contribution >= 4 is 5.91 Å². The maximum Gasteiger partial charge on any atom is 0.251 e. The van der Waals surface area contributed by atoms with Gasteiger partial charge in [0.25, 0.3) is 5.91 Å². The van der Waals surface area contributed by atoms with Crippen LogP contribution in [0.3, 0.4) is 0 Å². The molecule has 1 N–H and O–H groups in total. The number of aromatic nitrogens is 2. The highest BCUT2D eigenvalue weighted by molar-refractivity contribution is 5.94. The molecule has 1 amide bonds. The fourth-order valence-electron chi connectivity index (χ4n) is 3.01. The fourth-order valence-corrected chi connectivity index (χ4v) is 3.01. The Bertz CT molecular complexity index is 618. The van der Waals surface area contributed by atoms with Gasteiger partial charge < -0.3 is 14.8 Å². The van der Waals surface area contributed by atoms with E-state index in [4.69, 9.17) is 0 Å². The first kappa shape index (κ1) is 15.7. The third kappa shape index (κ3) is 4.66. The maximum absolute atomic E-state index is 12.3. The van der Waals surface area contributed by atoms with Gasteiger partial charge in [0.15, 0.2) is 0 Å². The normalized spacial score (nSPS) is 15.5. The first-order valence-electron chi connectivity index (χ1n) is 8.36. The average molecular weight is 312 g/mol. The molecule has 122 valence electrons. The molecule has 0 bridgehead atoms. The number of nitrogens with one attached hydrogen (secondary N) is 1. The van der Waals surface area contributed by atoms with Crippen LogP contribution >= 0.6 is 0 Å². The number of amides is 1. The van der Waals surface area contributed by atoms with E-state index in [2.05, 4.69) is 15.2 Å². The number of carbonyl (C=O) groups excluding carboxylic acids is 1. The first-order valence-corrected chi connectivity index (χ1v) is 8.36. The predicted octanol–water partition coefficient (Wildman–Crippen LogP) is 2.15. The van der Waals surface area contributed by atoms with Gasteiger partial charge in [0.2, 0.25) is 0 Å². The molecule has 1 aromatic carbocycles. The molecule has 0 spiro atoms. The van der Waals surface area contributed by atoms with Crippen LogP contribution in [0.15, 0.2) is 43.0 Å². The van der Waals surface area contributed by atoms with Gasteiger partial charge in [-0.05, 0) is 43.6 Å². The number of hydrogen-bond donors (Lipinski definition) is 1. The van der Waals surface area contributed by atoms with Gasteiger partial charge in [0.1, 0.15) is 0 Å². The molecular formula is C18H24N4O. The lowest BCUT2D eigenvalue weighted by molar-refractivity contribution is 0.0946. The van der Waals surface area contributed by atoms with E-state index < -0.39 is 0 Å². The second kappa shape index (κ2) is 7.92. The number of rotatable bonds is 6. The zero-order chi connectivity index (χ0) is 15.9. The second-order valence-corrected chi connectivity index (χ2v) is 6.09. The molecule has 0 radical (unpaired) electrons. The van der Waals surface area contributed by atoms with Crippen LogP contribution in [-0.2, 0) is 6.54 Å². The Morgan fingerprint density at radius 2 is 2.09 bits per heavy atom. The Labute approximate surface area is 137 Å². The number of benzene rings is 1. The van der Waals surface area contributed by atoms with E-state index in [1.165, 1.54) is 19.3 Å². The van der Waals surface area contributed by atoms with E-state index in [1.54, 1.807) is 12.5 Å². The molecule has 0 unspecified atom stereocenters. The summed E-state index contributed by atoms with van der Waals surface area (Å²) in [6, 6.07) is 7.79. The summed E-state index contributed by atoms with van der Waals surface area (Å²) < 4.78 is 1.99. The van der Waals surface area contributed by atoms with Gasteiger partial charge >= 0.3 is 0 Å². The molecule has 0 atom stereocenters. The van der Waals surface area contributed by atoms with Crippen LogP contribution in [0.5, 0.6) is 0 Å². The van der Waals surface area contributed by atoms with Crippen molar-refractivity contribution in [1.29, 1.82) is 0 Å². The van der Waals surface area contributed by atoms with E-state index in [1.807, 2.05) is 35.0 Å². The van der Waals surface area contributed by atoms with E-state index in [9.17, 15) is 4.79 Å². The van der Waals surface area contributed by atoms with Gasteiger partial charge in [0, 0.05) is 37.6 Å². The largest absolute Gasteiger partial charge is 0.351 e. The summed E-state index contributed by atoms with van der Waals surface area (Å²) in [6.45, 7) is 4.71. The van der Waals surface area contributed by atoms with Crippen molar-refractivity contribution in [1.82, 2.24) is 19.8 Å². The summed E-state index contributed by atoms with van der Waals surface area (Å²) in [5, 5.41) is 3.03. The summed E-state index contributed by atoms with van der Waals surface area (Å²) in [5.74, 6) is 0.00879. The summed E-state index contributed by atoms with van der Waals surface area (Å²) in [6.07, 6.45) is 9.37. The number of imidazole rings is 1. The SMILES string of the molecule is O=C(NCCN1CCCCC1)c1cccc(Cn2ccnc2)c1. The average Bonchev–Trinajstić information content (AvgIpc) is 3.09. The Morgan fingerprint density at radius 1 is 1.22 bits per heavy atom. The molecule has 23 heavy (non-hydrogen) atoms. The number of carbonyl (C=O) groups is 1. The molecule has 2 heterocycles. The molecule has 0 saturated carbocycles. The molecule has 1 aliphatic heterocycles. The van der Waals surface area contributed by atoms with E-state index in [0.29, 0.717) is 6.54 Å². The van der Waals surface area contributed by atoms with Gasteiger partial charge in [0.05, 0.1) is 6.33 Å². The lowest BCUT2D eigenvalue weighted by Crippen LogP contribution is -2.37. The van der Waals surface area contributed by atoms with Crippen molar-refractivity contribution in [3.05, 3.63) is 54.1 Å². The highest BCUT2D eigenvalue weighted by Crippen LogP contribution is 2.09. The Hall–Kier alpha value is -2.14. The minimum Gasteiger partial charge on any atom is -0.351 e. The van der Waals surface area contributed by atoms with Crippen LogP contribution in [0.4, 0.5) is 0 Å². The third-order valence-electron chi connectivity index (χ3n) is 4.28. The molecule has 1 aliphatic rings. The van der Waals surface area contributed by atoms with Crippen molar-refractivity contribution in [2.24, 2.45) is 0 Å². The van der Waals surface area contributed by atoms with Gasteiger partial charge in [-0.2, -0.15) is 0 Å². The van der Waals surface area contributed by atoms with Crippen molar-refractivity contribution < 1.29 is 4.79 Å². The smallest absolute Gasteiger partial charge is 0.251 e. The van der Waals surface area contributed by atoms with Crippen molar-refractivity contribution in [3.8, 4) is 0 Å². The van der Waals surface area contributed by atoms with Crippen LogP contribution in [0.2, 0.25) is 0 Å². The Balaban J connectivity index is 1.50. The van der Waals surface area contributed by atoms with Crippen molar-refractivity contribution in [2.75, 3.05) is 26.2 Å². The van der Waals surface area contributed by atoms with Crippen LogP contribution < -0.4 is 5.32 Å². The minimum absolute atomic E-state index is 0.00879.